The van der Waals surface area contributed by atoms with E-state index in [-0.39, 0.29) is 10.0 Å². The van der Waals surface area contributed by atoms with Gasteiger partial charge in [0.1, 0.15) is 10.8 Å². The van der Waals surface area contributed by atoms with Crippen molar-refractivity contribution in [3.05, 3.63) is 32.3 Å². The Bertz CT molecular complexity index is 481. The first-order valence-electron chi connectivity index (χ1n) is 4.14. The lowest BCUT2D eigenvalue weighted by Gasteiger charge is -2.16. The SMILES string of the molecule is O=[N+]([O-])c1cc(OC(F)C(F)(F)Cl)c(Cl)cc1Cl. The first-order valence-corrected chi connectivity index (χ1v) is 5.27. The topological polar surface area (TPSA) is 52.4 Å². The van der Waals surface area contributed by atoms with Crippen molar-refractivity contribution in [1.82, 2.24) is 0 Å². The molecule has 1 atom stereocenters. The van der Waals surface area contributed by atoms with E-state index in [9.17, 15) is 23.3 Å². The molecule has 0 spiro atoms. The predicted molar refractivity (Wildman–Crippen MR) is 59.4 cm³/mol. The van der Waals surface area contributed by atoms with Crippen molar-refractivity contribution >= 4 is 40.5 Å². The largest absolute Gasteiger partial charge is 0.451 e. The Morgan fingerprint density at radius 1 is 1.33 bits per heavy atom. The first kappa shape index (κ1) is 15.1. The fourth-order valence-electron chi connectivity index (χ4n) is 0.927. The molecule has 0 aliphatic rings. The van der Waals surface area contributed by atoms with E-state index < -0.39 is 28.1 Å². The van der Waals surface area contributed by atoms with E-state index in [1.54, 1.807) is 0 Å². The number of ether oxygens (including phenoxy) is 1. The van der Waals surface area contributed by atoms with Crippen molar-refractivity contribution in [3.63, 3.8) is 0 Å². The minimum Gasteiger partial charge on any atom is -0.451 e. The summed E-state index contributed by atoms with van der Waals surface area (Å²) in [4.78, 5) is 9.62. The molecule has 0 aliphatic heterocycles. The number of hydrogen-bond donors (Lipinski definition) is 0. The van der Waals surface area contributed by atoms with Gasteiger partial charge in [0.05, 0.1) is 16.0 Å². The van der Waals surface area contributed by atoms with Crippen LogP contribution in [0.15, 0.2) is 12.1 Å². The van der Waals surface area contributed by atoms with E-state index in [1.807, 2.05) is 0 Å². The summed E-state index contributed by atoms with van der Waals surface area (Å²) in [7, 11) is 0. The summed E-state index contributed by atoms with van der Waals surface area (Å²) >= 11 is 15.4. The molecule has 0 amide bonds. The average molecular weight is 324 g/mol. The average Bonchev–Trinajstić information content (AvgIpc) is 2.19. The smallest absolute Gasteiger partial charge is 0.387 e. The fourth-order valence-corrected chi connectivity index (χ4v) is 1.47. The third-order valence-corrected chi connectivity index (χ3v) is 2.46. The van der Waals surface area contributed by atoms with Gasteiger partial charge in [0.25, 0.3) is 5.69 Å². The van der Waals surface area contributed by atoms with Crippen LogP contribution >= 0.6 is 34.8 Å². The number of nitrogens with zero attached hydrogens (tertiary/aromatic N) is 1. The van der Waals surface area contributed by atoms with E-state index in [1.165, 1.54) is 0 Å². The van der Waals surface area contributed by atoms with E-state index >= 15 is 0 Å². The van der Waals surface area contributed by atoms with Crippen LogP contribution in [-0.2, 0) is 0 Å². The summed E-state index contributed by atoms with van der Waals surface area (Å²) in [6.07, 6.45) is -3.21. The van der Waals surface area contributed by atoms with Gasteiger partial charge in [-0.3, -0.25) is 10.1 Å². The second-order valence-corrected chi connectivity index (χ2v) is 4.28. The van der Waals surface area contributed by atoms with Gasteiger partial charge >= 0.3 is 11.7 Å². The van der Waals surface area contributed by atoms with Crippen LogP contribution < -0.4 is 4.74 Å². The van der Waals surface area contributed by atoms with Crippen LogP contribution in [0, 0.1) is 10.1 Å². The Morgan fingerprint density at radius 2 is 1.89 bits per heavy atom. The van der Waals surface area contributed by atoms with Gasteiger partial charge in [-0.2, -0.15) is 13.2 Å². The zero-order chi connectivity index (χ0) is 14.1. The second-order valence-electron chi connectivity index (χ2n) is 2.97. The Morgan fingerprint density at radius 3 is 2.33 bits per heavy atom. The van der Waals surface area contributed by atoms with Gasteiger partial charge in [-0.15, -0.1) is 0 Å². The molecule has 1 aromatic carbocycles. The molecule has 10 heteroatoms. The highest BCUT2D eigenvalue weighted by molar-refractivity contribution is 6.36. The molecular weight excluding hydrogens is 321 g/mol. The summed E-state index contributed by atoms with van der Waals surface area (Å²) < 4.78 is 41.6. The maximum atomic E-state index is 12.8. The highest BCUT2D eigenvalue weighted by atomic mass is 35.5. The molecule has 1 unspecified atom stereocenters. The fraction of sp³-hybridized carbons (Fsp3) is 0.250. The minimum atomic E-state index is -4.29. The summed E-state index contributed by atoms with van der Waals surface area (Å²) in [5.41, 5.74) is -0.666. The van der Waals surface area contributed by atoms with E-state index in [0.717, 1.165) is 6.07 Å². The molecule has 1 aromatic rings. The first-order chi connectivity index (χ1) is 8.12. The zero-order valence-corrected chi connectivity index (χ0v) is 10.4. The third kappa shape index (κ3) is 3.54. The molecule has 0 saturated carbocycles. The maximum Gasteiger partial charge on any atom is 0.387 e. The van der Waals surface area contributed by atoms with E-state index in [0.29, 0.717) is 6.07 Å². The van der Waals surface area contributed by atoms with Gasteiger partial charge < -0.3 is 4.74 Å². The van der Waals surface area contributed by atoms with Gasteiger partial charge in [0.2, 0.25) is 0 Å². The van der Waals surface area contributed by atoms with Crippen LogP contribution in [0.5, 0.6) is 5.75 Å². The molecule has 4 nitrogen and oxygen atoms in total. The van der Waals surface area contributed by atoms with Crippen LogP contribution in [0.3, 0.4) is 0 Å². The van der Waals surface area contributed by atoms with Crippen LogP contribution in [0.25, 0.3) is 0 Å². The lowest BCUT2D eigenvalue weighted by molar-refractivity contribution is -0.384. The Hall–Kier alpha value is -0.920. The lowest BCUT2D eigenvalue weighted by atomic mass is 10.3. The molecule has 18 heavy (non-hydrogen) atoms. The summed E-state index contributed by atoms with van der Waals surface area (Å²) in [5, 5.41) is 5.52. The zero-order valence-electron chi connectivity index (χ0n) is 8.17. The molecule has 100 valence electrons. The second kappa shape index (κ2) is 5.38. The van der Waals surface area contributed by atoms with E-state index in [4.69, 9.17) is 23.2 Å². The van der Waals surface area contributed by atoms with Crippen molar-refractivity contribution in [2.45, 2.75) is 11.7 Å². The normalized spacial score (nSPS) is 13.2. The summed E-state index contributed by atoms with van der Waals surface area (Å²) in [6.45, 7) is 0. The van der Waals surface area contributed by atoms with Gasteiger partial charge in [0, 0.05) is 0 Å². The number of halogens is 6. The molecule has 1 rings (SSSR count). The Labute approximate surface area is 113 Å². The number of rotatable bonds is 4. The number of alkyl halides is 4. The number of nitro benzene ring substituents is 1. The van der Waals surface area contributed by atoms with Crippen molar-refractivity contribution in [1.29, 1.82) is 0 Å². The highest BCUT2D eigenvalue weighted by Crippen LogP contribution is 2.38. The lowest BCUT2D eigenvalue weighted by Crippen LogP contribution is -2.28. The maximum absolute atomic E-state index is 12.8. The van der Waals surface area contributed by atoms with Crippen LogP contribution in [0.1, 0.15) is 0 Å². The molecule has 0 aromatic heterocycles. The molecule has 0 saturated heterocycles. The Kier molecular flexibility index (Phi) is 4.52. The number of nitro groups is 1. The molecule has 0 bridgehead atoms. The standard InChI is InChI=1S/C8H3Cl3F3NO3/c9-3-1-4(10)6(2-5(3)15(16)17)18-7(12)8(11,13)14/h1-2,7H. The molecular formula is C8H3Cl3F3NO3. The number of hydrogen-bond acceptors (Lipinski definition) is 3. The van der Waals surface area contributed by atoms with Gasteiger partial charge in [-0.1, -0.05) is 23.2 Å². The highest BCUT2D eigenvalue weighted by Gasteiger charge is 2.40. The molecule has 0 aliphatic carbocycles. The van der Waals surface area contributed by atoms with E-state index in [2.05, 4.69) is 16.3 Å². The molecule has 0 N–H and O–H groups in total. The van der Waals surface area contributed by atoms with Crippen LogP contribution in [0.4, 0.5) is 18.9 Å². The van der Waals surface area contributed by atoms with Gasteiger partial charge in [-0.25, -0.2) is 0 Å². The van der Waals surface area contributed by atoms with Crippen molar-refractivity contribution in [2.75, 3.05) is 0 Å². The van der Waals surface area contributed by atoms with Crippen molar-refractivity contribution < 1.29 is 22.8 Å². The monoisotopic (exact) mass is 323 g/mol. The quantitative estimate of drug-likeness (QED) is 0.468. The molecule has 0 fully saturated rings. The van der Waals surface area contributed by atoms with Crippen LogP contribution in [0.2, 0.25) is 10.0 Å². The summed E-state index contributed by atoms with van der Waals surface area (Å²) in [6, 6.07) is 1.50. The third-order valence-electron chi connectivity index (χ3n) is 1.69. The van der Waals surface area contributed by atoms with Crippen molar-refractivity contribution in [2.24, 2.45) is 0 Å². The molecule has 0 radical (unpaired) electrons. The van der Waals surface area contributed by atoms with Gasteiger partial charge in [0.15, 0.2) is 0 Å². The van der Waals surface area contributed by atoms with Gasteiger partial charge in [-0.05, 0) is 17.7 Å². The minimum absolute atomic E-state index is 0.342. The number of benzene rings is 1. The summed E-state index contributed by atoms with van der Waals surface area (Å²) in [5.74, 6) is -0.666. The Balaban J connectivity index is 3.10. The molecule has 0 heterocycles. The predicted octanol–water partition coefficient (Wildman–Crippen LogP) is 4.41. The van der Waals surface area contributed by atoms with Crippen LogP contribution in [-0.4, -0.2) is 16.7 Å². The van der Waals surface area contributed by atoms with Crippen molar-refractivity contribution in [3.8, 4) is 5.75 Å².